The molecule has 2 aromatic carbocycles. The molecule has 0 spiro atoms. The average molecular weight is 332 g/mol. The van der Waals surface area contributed by atoms with E-state index in [4.69, 9.17) is 0 Å². The standard InChI is InChI=1S/C17H20N2O3S/c1-14-8-10-16(11-9-14)18-17(20)12-19(2)23(21,22)13-15-6-4-3-5-7-15/h3-11H,12-13H2,1-2H3,(H,18,20). The molecular formula is C17H20N2O3S. The number of carbonyl (C=O) groups is 1. The zero-order chi connectivity index (χ0) is 16.9. The highest BCUT2D eigenvalue weighted by molar-refractivity contribution is 7.88. The fourth-order valence-electron chi connectivity index (χ4n) is 2.03. The summed E-state index contributed by atoms with van der Waals surface area (Å²) in [6.45, 7) is 1.73. The predicted octanol–water partition coefficient (Wildman–Crippen LogP) is 2.40. The van der Waals surface area contributed by atoms with E-state index in [0.717, 1.165) is 9.87 Å². The lowest BCUT2D eigenvalue weighted by Crippen LogP contribution is -2.35. The van der Waals surface area contributed by atoms with E-state index in [-0.39, 0.29) is 18.2 Å². The highest BCUT2D eigenvalue weighted by Gasteiger charge is 2.21. The molecule has 0 unspecified atom stereocenters. The summed E-state index contributed by atoms with van der Waals surface area (Å²) in [4.78, 5) is 12.0. The van der Waals surface area contributed by atoms with Crippen LogP contribution in [0.4, 0.5) is 5.69 Å². The molecule has 2 rings (SSSR count). The number of benzene rings is 2. The van der Waals surface area contributed by atoms with Gasteiger partial charge in [0.15, 0.2) is 0 Å². The summed E-state index contributed by atoms with van der Waals surface area (Å²) in [5.74, 6) is -0.490. The molecular weight excluding hydrogens is 312 g/mol. The van der Waals surface area contributed by atoms with Gasteiger partial charge in [-0.25, -0.2) is 8.42 Å². The molecule has 1 N–H and O–H groups in total. The van der Waals surface area contributed by atoms with Crippen LogP contribution in [0, 0.1) is 6.92 Å². The minimum absolute atomic E-state index is 0.123. The Kier molecular flexibility index (Phi) is 5.52. The number of nitrogens with one attached hydrogen (secondary N) is 1. The van der Waals surface area contributed by atoms with Crippen molar-refractivity contribution >= 4 is 21.6 Å². The lowest BCUT2D eigenvalue weighted by atomic mass is 10.2. The second kappa shape index (κ2) is 7.39. The van der Waals surface area contributed by atoms with Gasteiger partial charge in [0, 0.05) is 12.7 Å². The molecule has 1 amide bonds. The van der Waals surface area contributed by atoms with Crippen molar-refractivity contribution in [3.63, 3.8) is 0 Å². The van der Waals surface area contributed by atoms with E-state index in [2.05, 4.69) is 5.32 Å². The lowest BCUT2D eigenvalue weighted by Gasteiger charge is -2.17. The molecule has 23 heavy (non-hydrogen) atoms. The van der Waals surface area contributed by atoms with Crippen LogP contribution in [0.15, 0.2) is 54.6 Å². The predicted molar refractivity (Wildman–Crippen MR) is 91.5 cm³/mol. The normalized spacial score (nSPS) is 11.4. The maximum absolute atomic E-state index is 12.3. The zero-order valence-corrected chi connectivity index (χ0v) is 14.0. The smallest absolute Gasteiger partial charge is 0.239 e. The van der Waals surface area contributed by atoms with Gasteiger partial charge < -0.3 is 5.32 Å². The van der Waals surface area contributed by atoms with Gasteiger partial charge in [0.2, 0.25) is 15.9 Å². The molecule has 0 saturated carbocycles. The van der Waals surface area contributed by atoms with Crippen LogP contribution in [0.5, 0.6) is 0 Å². The maximum Gasteiger partial charge on any atom is 0.239 e. The van der Waals surface area contributed by atoms with E-state index in [0.29, 0.717) is 11.3 Å². The van der Waals surface area contributed by atoms with Crippen molar-refractivity contribution in [2.24, 2.45) is 0 Å². The van der Waals surface area contributed by atoms with E-state index in [1.54, 1.807) is 36.4 Å². The molecule has 0 fully saturated rings. The van der Waals surface area contributed by atoms with Crippen LogP contribution in [0.1, 0.15) is 11.1 Å². The number of rotatable bonds is 6. The number of hydrogen-bond acceptors (Lipinski definition) is 3. The number of sulfonamides is 1. The first-order valence-corrected chi connectivity index (χ1v) is 8.82. The molecule has 122 valence electrons. The van der Waals surface area contributed by atoms with Gasteiger partial charge in [-0.1, -0.05) is 48.0 Å². The third kappa shape index (κ3) is 5.19. The van der Waals surface area contributed by atoms with Gasteiger partial charge in [-0.05, 0) is 24.6 Å². The Hall–Kier alpha value is -2.18. The Balaban J connectivity index is 1.95. The van der Waals surface area contributed by atoms with Gasteiger partial charge in [0.25, 0.3) is 0 Å². The van der Waals surface area contributed by atoms with Gasteiger partial charge in [-0.3, -0.25) is 4.79 Å². The highest BCUT2D eigenvalue weighted by atomic mass is 32.2. The summed E-state index contributed by atoms with van der Waals surface area (Å²) >= 11 is 0. The van der Waals surface area contributed by atoms with Crippen molar-refractivity contribution in [1.29, 1.82) is 0 Å². The van der Waals surface area contributed by atoms with Crippen LogP contribution in [-0.2, 0) is 20.6 Å². The van der Waals surface area contributed by atoms with Crippen LogP contribution in [0.25, 0.3) is 0 Å². The Bertz CT molecular complexity index is 756. The second-order valence-corrected chi connectivity index (χ2v) is 7.49. The molecule has 0 aliphatic rings. The van der Waals surface area contributed by atoms with Crippen molar-refractivity contribution in [2.75, 3.05) is 18.9 Å². The number of amides is 1. The first-order chi connectivity index (χ1) is 10.9. The van der Waals surface area contributed by atoms with E-state index >= 15 is 0 Å². The molecule has 0 bridgehead atoms. The summed E-state index contributed by atoms with van der Waals surface area (Å²) in [5, 5.41) is 2.69. The van der Waals surface area contributed by atoms with Gasteiger partial charge >= 0.3 is 0 Å². The molecule has 2 aromatic rings. The quantitative estimate of drug-likeness (QED) is 0.883. The SMILES string of the molecule is Cc1ccc(NC(=O)CN(C)S(=O)(=O)Cc2ccccc2)cc1. The molecule has 0 aliphatic carbocycles. The zero-order valence-electron chi connectivity index (χ0n) is 13.2. The molecule has 0 radical (unpaired) electrons. The minimum atomic E-state index is -3.53. The van der Waals surface area contributed by atoms with Crippen LogP contribution in [-0.4, -0.2) is 32.2 Å². The van der Waals surface area contributed by atoms with Crippen molar-refractivity contribution in [3.05, 3.63) is 65.7 Å². The van der Waals surface area contributed by atoms with Crippen molar-refractivity contribution < 1.29 is 13.2 Å². The maximum atomic E-state index is 12.3. The third-order valence-electron chi connectivity index (χ3n) is 3.37. The second-order valence-electron chi connectivity index (χ2n) is 5.41. The van der Waals surface area contributed by atoms with Crippen molar-refractivity contribution in [3.8, 4) is 0 Å². The fraction of sp³-hybridized carbons (Fsp3) is 0.235. The number of hydrogen-bond donors (Lipinski definition) is 1. The summed E-state index contributed by atoms with van der Waals surface area (Å²) in [6, 6.07) is 16.2. The van der Waals surface area contributed by atoms with Crippen LogP contribution >= 0.6 is 0 Å². The van der Waals surface area contributed by atoms with E-state index in [1.165, 1.54) is 7.05 Å². The third-order valence-corrected chi connectivity index (χ3v) is 5.15. The first-order valence-electron chi connectivity index (χ1n) is 7.21. The Morgan fingerprint density at radius 2 is 1.65 bits per heavy atom. The number of likely N-dealkylation sites (N-methyl/N-ethyl adjacent to an activating group) is 1. The molecule has 0 saturated heterocycles. The molecule has 0 aromatic heterocycles. The molecule has 5 nitrogen and oxygen atoms in total. The van der Waals surface area contributed by atoms with E-state index < -0.39 is 10.0 Å². The lowest BCUT2D eigenvalue weighted by molar-refractivity contribution is -0.116. The number of anilines is 1. The summed E-state index contributed by atoms with van der Waals surface area (Å²) < 4.78 is 25.6. The van der Waals surface area contributed by atoms with Crippen LogP contribution in [0.2, 0.25) is 0 Å². The Labute approximate surface area is 137 Å². The molecule has 0 aliphatic heterocycles. The summed E-state index contributed by atoms with van der Waals surface area (Å²) in [6.07, 6.45) is 0. The van der Waals surface area contributed by atoms with Crippen molar-refractivity contribution in [2.45, 2.75) is 12.7 Å². The summed E-state index contributed by atoms with van der Waals surface area (Å²) in [5.41, 5.74) is 2.43. The number of nitrogens with zero attached hydrogens (tertiary/aromatic N) is 1. The van der Waals surface area contributed by atoms with Gasteiger partial charge in [0.05, 0.1) is 12.3 Å². The summed E-state index contributed by atoms with van der Waals surface area (Å²) in [7, 11) is -2.13. The number of carbonyl (C=O) groups excluding carboxylic acids is 1. The van der Waals surface area contributed by atoms with E-state index in [1.807, 2.05) is 25.1 Å². The first kappa shape index (κ1) is 17.2. The average Bonchev–Trinajstić information content (AvgIpc) is 2.50. The molecule has 0 heterocycles. The van der Waals surface area contributed by atoms with Crippen LogP contribution in [0.3, 0.4) is 0 Å². The van der Waals surface area contributed by atoms with Gasteiger partial charge in [-0.2, -0.15) is 4.31 Å². The monoisotopic (exact) mass is 332 g/mol. The topological polar surface area (TPSA) is 66.5 Å². The Morgan fingerprint density at radius 1 is 1.04 bits per heavy atom. The van der Waals surface area contributed by atoms with E-state index in [9.17, 15) is 13.2 Å². The Morgan fingerprint density at radius 3 is 2.26 bits per heavy atom. The number of aryl methyl sites for hydroxylation is 1. The van der Waals surface area contributed by atoms with Gasteiger partial charge in [0.1, 0.15) is 0 Å². The molecule has 0 atom stereocenters. The largest absolute Gasteiger partial charge is 0.325 e. The van der Waals surface area contributed by atoms with Crippen molar-refractivity contribution in [1.82, 2.24) is 4.31 Å². The van der Waals surface area contributed by atoms with Crippen LogP contribution < -0.4 is 5.32 Å². The van der Waals surface area contributed by atoms with Gasteiger partial charge in [-0.15, -0.1) is 0 Å². The minimum Gasteiger partial charge on any atom is -0.325 e. The highest BCUT2D eigenvalue weighted by Crippen LogP contribution is 2.11. The fourth-order valence-corrected chi connectivity index (χ4v) is 3.18. The molecule has 6 heteroatoms.